The number of aryl methyl sites for hydroxylation is 8. The van der Waals surface area contributed by atoms with E-state index < -0.39 is 15.8 Å². The molecule has 6 aromatic rings. The molecule has 0 spiro atoms. The van der Waals surface area contributed by atoms with Crippen LogP contribution >= 0.6 is 15.8 Å². The Labute approximate surface area is 303 Å². The standard InChI is InChI=1S/2C24H24P/c2*1-18-7-12-22(13-8-18)25(23-14-9-19(2)10-15-23)24-16-11-20-5-3-4-6-21(20)17-24/h2*7-16H,3-6H2,1-2H3. The first kappa shape index (κ1) is 34.6. The van der Waals surface area contributed by atoms with Crippen molar-refractivity contribution in [3.8, 4) is 0 Å². The topological polar surface area (TPSA) is 0 Å². The van der Waals surface area contributed by atoms with E-state index in [0.717, 1.165) is 0 Å². The predicted octanol–water partition coefficient (Wildman–Crippen LogP) is 9.48. The van der Waals surface area contributed by atoms with Gasteiger partial charge in [0.2, 0.25) is 0 Å². The lowest BCUT2D eigenvalue weighted by atomic mass is 9.92. The Morgan fingerprint density at radius 3 is 0.920 bits per heavy atom. The quantitative estimate of drug-likeness (QED) is 0.153. The largest absolute Gasteiger partial charge is 0.0587 e. The van der Waals surface area contributed by atoms with Gasteiger partial charge in [0, 0.05) is 0 Å². The summed E-state index contributed by atoms with van der Waals surface area (Å²) in [7, 11) is -1.08. The van der Waals surface area contributed by atoms with Crippen molar-refractivity contribution < 1.29 is 0 Å². The van der Waals surface area contributed by atoms with Gasteiger partial charge in [-0.3, -0.25) is 0 Å². The molecule has 0 aromatic heterocycles. The number of hydrogen-bond acceptors (Lipinski definition) is 0. The summed E-state index contributed by atoms with van der Waals surface area (Å²) in [6.07, 6.45) is 10.1. The average molecular weight is 687 g/mol. The third kappa shape index (κ3) is 8.21. The zero-order valence-electron chi connectivity index (χ0n) is 30.1. The van der Waals surface area contributed by atoms with Gasteiger partial charge in [0.05, 0.1) is 0 Å². The van der Waals surface area contributed by atoms with E-state index in [-0.39, 0.29) is 0 Å². The van der Waals surface area contributed by atoms with Crippen LogP contribution in [0, 0.1) is 39.8 Å². The highest BCUT2D eigenvalue weighted by molar-refractivity contribution is 7.80. The number of benzene rings is 6. The maximum absolute atomic E-state index is 3.82. The molecule has 0 fully saturated rings. The summed E-state index contributed by atoms with van der Waals surface area (Å²) in [5.41, 5.74) is 11.2. The third-order valence-corrected chi connectivity index (χ3v) is 14.9. The second-order valence-corrected chi connectivity index (χ2v) is 18.5. The Bertz CT molecular complexity index is 1780. The minimum atomic E-state index is -0.542. The van der Waals surface area contributed by atoms with Crippen LogP contribution in [0.3, 0.4) is 0 Å². The summed E-state index contributed by atoms with van der Waals surface area (Å²) in [5, 5.41) is 8.38. The van der Waals surface area contributed by atoms with Gasteiger partial charge in [0.25, 0.3) is 0 Å². The van der Waals surface area contributed by atoms with Crippen LogP contribution in [0.5, 0.6) is 0 Å². The number of rotatable bonds is 6. The lowest BCUT2D eigenvalue weighted by Gasteiger charge is -2.22. The Balaban J connectivity index is 0.000000157. The molecule has 0 nitrogen and oxygen atoms in total. The normalized spacial score (nSPS) is 13.7. The molecule has 0 saturated carbocycles. The van der Waals surface area contributed by atoms with E-state index in [1.165, 1.54) is 128 Å². The fraction of sp³-hybridized carbons (Fsp3) is 0.250. The number of hydrogen-bond donors (Lipinski definition) is 0. The van der Waals surface area contributed by atoms with Crippen LogP contribution in [0.15, 0.2) is 121 Å². The van der Waals surface area contributed by atoms with Crippen LogP contribution in [0.25, 0.3) is 0 Å². The van der Waals surface area contributed by atoms with Crippen molar-refractivity contribution in [3.05, 3.63) is 178 Å². The molecule has 250 valence electrons. The van der Waals surface area contributed by atoms with Gasteiger partial charge in [-0.05, 0) is 161 Å². The molecule has 0 aliphatic heterocycles. The Morgan fingerprint density at radius 1 is 0.340 bits per heavy atom. The minimum absolute atomic E-state index is 0.542. The maximum atomic E-state index is 3.82. The van der Waals surface area contributed by atoms with Crippen LogP contribution in [-0.4, -0.2) is 0 Å². The van der Waals surface area contributed by atoms with Crippen molar-refractivity contribution in [2.75, 3.05) is 0 Å². The summed E-state index contributed by atoms with van der Waals surface area (Å²) in [6.45, 7) is 8.62. The zero-order valence-corrected chi connectivity index (χ0v) is 31.9. The second kappa shape index (κ2) is 16.0. The van der Waals surface area contributed by atoms with E-state index in [2.05, 4.69) is 161 Å². The fourth-order valence-corrected chi connectivity index (χ4v) is 11.6. The summed E-state index contributed by atoms with van der Waals surface area (Å²) in [4.78, 5) is 0. The summed E-state index contributed by atoms with van der Waals surface area (Å²) in [6, 6.07) is 53.3. The van der Waals surface area contributed by atoms with Crippen LogP contribution < -0.4 is 31.8 Å². The molecule has 2 radical (unpaired) electrons. The van der Waals surface area contributed by atoms with Gasteiger partial charge in [-0.25, -0.2) is 0 Å². The smallest absolute Gasteiger partial charge is 0.00559 e. The number of fused-ring (bicyclic) bond motifs is 2. The Hall–Kier alpha value is -3.82. The van der Waals surface area contributed by atoms with E-state index >= 15 is 0 Å². The van der Waals surface area contributed by atoms with Gasteiger partial charge in [0.15, 0.2) is 0 Å². The molecule has 0 N–H and O–H groups in total. The summed E-state index contributed by atoms with van der Waals surface area (Å²) >= 11 is 0. The van der Waals surface area contributed by atoms with Gasteiger partial charge >= 0.3 is 0 Å². The molecule has 0 saturated heterocycles. The lowest BCUT2D eigenvalue weighted by Crippen LogP contribution is -2.22. The Morgan fingerprint density at radius 2 is 0.620 bits per heavy atom. The van der Waals surface area contributed by atoms with Crippen LogP contribution in [0.2, 0.25) is 0 Å². The third-order valence-electron chi connectivity index (χ3n) is 10.1. The van der Waals surface area contributed by atoms with Gasteiger partial charge < -0.3 is 0 Å². The molecule has 6 aromatic carbocycles. The first-order valence-corrected chi connectivity index (χ1v) is 21.0. The summed E-state index contributed by atoms with van der Waals surface area (Å²) in [5.74, 6) is 0. The molecule has 2 aliphatic carbocycles. The lowest BCUT2D eigenvalue weighted by molar-refractivity contribution is 0.685. The zero-order chi connectivity index (χ0) is 34.5. The molecule has 0 atom stereocenters. The molecular weight excluding hydrogens is 638 g/mol. The van der Waals surface area contributed by atoms with Crippen molar-refractivity contribution in [1.29, 1.82) is 0 Å². The molecule has 8 rings (SSSR count). The monoisotopic (exact) mass is 686 g/mol. The van der Waals surface area contributed by atoms with Crippen molar-refractivity contribution in [2.24, 2.45) is 0 Å². The molecule has 2 heteroatoms. The van der Waals surface area contributed by atoms with Crippen molar-refractivity contribution in [2.45, 2.75) is 79.1 Å². The highest BCUT2D eigenvalue weighted by Gasteiger charge is 2.21. The first-order chi connectivity index (χ1) is 24.4. The molecule has 0 bridgehead atoms. The highest BCUT2D eigenvalue weighted by Crippen LogP contribution is 2.36. The minimum Gasteiger partial charge on any atom is -0.0587 e. The molecule has 2 aliphatic rings. The highest BCUT2D eigenvalue weighted by atomic mass is 31.1. The maximum Gasteiger partial charge on any atom is -0.00559 e. The van der Waals surface area contributed by atoms with Crippen molar-refractivity contribution in [3.63, 3.8) is 0 Å². The summed E-state index contributed by atoms with van der Waals surface area (Å²) < 4.78 is 0. The van der Waals surface area contributed by atoms with Crippen molar-refractivity contribution in [1.82, 2.24) is 0 Å². The Kier molecular flexibility index (Phi) is 11.1. The van der Waals surface area contributed by atoms with E-state index in [1.54, 1.807) is 0 Å². The van der Waals surface area contributed by atoms with Crippen LogP contribution in [-0.2, 0) is 25.7 Å². The van der Waals surface area contributed by atoms with Gasteiger partial charge in [-0.15, -0.1) is 0 Å². The van der Waals surface area contributed by atoms with E-state index in [0.29, 0.717) is 0 Å². The molecular formula is C48H48P2. The first-order valence-electron chi connectivity index (χ1n) is 18.4. The van der Waals surface area contributed by atoms with Crippen LogP contribution in [0.1, 0.15) is 70.2 Å². The van der Waals surface area contributed by atoms with Gasteiger partial charge in [-0.1, -0.05) is 144 Å². The SMILES string of the molecule is Cc1ccc(P(c2[c]c3c(cc2)CCCC3)c2ccc(C)cc2)cc1.Cc1ccc(P(c2[c]c3c(cc2)CCCC3)c2ccc(C)cc2)cc1. The van der Waals surface area contributed by atoms with Crippen molar-refractivity contribution >= 4 is 47.7 Å². The fourth-order valence-electron chi connectivity index (χ4n) is 7.15. The molecule has 50 heavy (non-hydrogen) atoms. The van der Waals surface area contributed by atoms with E-state index in [9.17, 15) is 0 Å². The molecule has 0 amide bonds. The predicted molar refractivity (Wildman–Crippen MR) is 220 cm³/mol. The van der Waals surface area contributed by atoms with E-state index in [1.807, 2.05) is 0 Å². The second-order valence-electron chi connectivity index (χ2n) is 14.1. The van der Waals surface area contributed by atoms with Gasteiger partial charge in [0.1, 0.15) is 0 Å². The molecule has 0 heterocycles. The van der Waals surface area contributed by atoms with Gasteiger partial charge in [-0.2, -0.15) is 0 Å². The van der Waals surface area contributed by atoms with Crippen LogP contribution in [0.4, 0.5) is 0 Å². The molecule has 0 unspecified atom stereocenters. The van der Waals surface area contributed by atoms with E-state index in [4.69, 9.17) is 0 Å². The average Bonchev–Trinajstić information content (AvgIpc) is 3.15.